The molecule has 0 radical (unpaired) electrons. The SMILES string of the molecule is CC(C)[C@H]1C[C@@H]1c1cc(F)c2c(c1)N(CC(F)(F)F)C(=O)C21CC1. The molecule has 2 aliphatic carbocycles. The van der Waals surface area contributed by atoms with Crippen molar-refractivity contribution >= 4 is 11.6 Å². The van der Waals surface area contributed by atoms with Gasteiger partial charge in [-0.1, -0.05) is 13.8 Å². The van der Waals surface area contributed by atoms with E-state index < -0.39 is 29.9 Å². The predicted octanol–water partition coefficient (Wildman–Crippen LogP) is 4.53. The van der Waals surface area contributed by atoms with Crippen molar-refractivity contribution in [1.82, 2.24) is 0 Å². The van der Waals surface area contributed by atoms with E-state index in [0.717, 1.165) is 16.9 Å². The fourth-order valence-corrected chi connectivity index (χ4v) is 4.25. The fraction of sp³-hybridized carbons (Fsp3) is 0.611. The topological polar surface area (TPSA) is 20.3 Å². The maximum atomic E-state index is 14.7. The van der Waals surface area contributed by atoms with Crippen LogP contribution in [0.1, 0.15) is 50.2 Å². The van der Waals surface area contributed by atoms with Gasteiger partial charge in [-0.15, -0.1) is 0 Å². The second-order valence-electron chi connectivity index (χ2n) is 7.74. The van der Waals surface area contributed by atoms with E-state index in [1.165, 1.54) is 6.07 Å². The Morgan fingerprint density at radius 1 is 1.29 bits per heavy atom. The number of hydrogen-bond acceptors (Lipinski definition) is 1. The third-order valence-electron chi connectivity index (χ3n) is 5.73. The average Bonchev–Trinajstić information content (AvgIpc) is 3.33. The van der Waals surface area contributed by atoms with Crippen molar-refractivity contribution in [3.05, 3.63) is 29.1 Å². The first-order valence-corrected chi connectivity index (χ1v) is 8.37. The quantitative estimate of drug-likeness (QED) is 0.740. The lowest BCUT2D eigenvalue weighted by molar-refractivity contribution is -0.132. The van der Waals surface area contributed by atoms with Crippen LogP contribution < -0.4 is 4.90 Å². The van der Waals surface area contributed by atoms with Gasteiger partial charge in [0, 0.05) is 5.56 Å². The smallest absolute Gasteiger partial charge is 0.302 e. The van der Waals surface area contributed by atoms with Gasteiger partial charge < -0.3 is 4.90 Å². The van der Waals surface area contributed by atoms with E-state index in [9.17, 15) is 22.4 Å². The summed E-state index contributed by atoms with van der Waals surface area (Å²) in [6.45, 7) is 2.84. The van der Waals surface area contributed by atoms with E-state index >= 15 is 0 Å². The first-order valence-electron chi connectivity index (χ1n) is 8.37. The van der Waals surface area contributed by atoms with Crippen LogP contribution in [0, 0.1) is 17.7 Å². The first kappa shape index (κ1) is 15.9. The van der Waals surface area contributed by atoms with Crippen molar-refractivity contribution in [2.75, 3.05) is 11.4 Å². The van der Waals surface area contributed by atoms with E-state index in [1.807, 2.05) is 0 Å². The van der Waals surface area contributed by atoms with E-state index in [1.54, 1.807) is 6.07 Å². The van der Waals surface area contributed by atoms with Crippen LogP contribution >= 0.6 is 0 Å². The Morgan fingerprint density at radius 2 is 1.96 bits per heavy atom. The molecular formula is C18H19F4NO. The number of halogens is 4. The molecule has 2 fully saturated rings. The number of benzene rings is 1. The Labute approximate surface area is 137 Å². The minimum atomic E-state index is -4.50. The van der Waals surface area contributed by atoms with Crippen LogP contribution in [0.3, 0.4) is 0 Å². The minimum Gasteiger partial charge on any atom is -0.302 e. The summed E-state index contributed by atoms with van der Waals surface area (Å²) >= 11 is 0. The van der Waals surface area contributed by atoms with E-state index in [2.05, 4.69) is 13.8 Å². The number of amides is 1. The lowest BCUT2D eigenvalue weighted by atomic mass is 9.94. The maximum Gasteiger partial charge on any atom is 0.406 e. The van der Waals surface area contributed by atoms with Gasteiger partial charge in [0.15, 0.2) is 0 Å². The zero-order chi connectivity index (χ0) is 17.4. The average molecular weight is 341 g/mol. The molecule has 130 valence electrons. The molecule has 4 rings (SSSR count). The normalized spacial score (nSPS) is 27.1. The van der Waals surface area contributed by atoms with Crippen molar-refractivity contribution in [2.24, 2.45) is 11.8 Å². The highest BCUT2D eigenvalue weighted by Gasteiger charge is 2.62. The number of anilines is 1. The second kappa shape index (κ2) is 4.73. The molecule has 2 nitrogen and oxygen atoms in total. The number of fused-ring (bicyclic) bond motifs is 2. The van der Waals surface area contributed by atoms with Crippen LogP contribution in [0.15, 0.2) is 12.1 Å². The zero-order valence-corrected chi connectivity index (χ0v) is 13.6. The molecule has 0 bridgehead atoms. The van der Waals surface area contributed by atoms with Gasteiger partial charge in [-0.25, -0.2) is 4.39 Å². The van der Waals surface area contributed by atoms with Gasteiger partial charge in [-0.3, -0.25) is 4.79 Å². The first-order chi connectivity index (χ1) is 11.1. The highest BCUT2D eigenvalue weighted by Crippen LogP contribution is 2.60. The van der Waals surface area contributed by atoms with Gasteiger partial charge in [0.05, 0.1) is 11.1 Å². The molecule has 1 spiro atoms. The van der Waals surface area contributed by atoms with E-state index in [0.29, 0.717) is 24.7 Å². The summed E-state index contributed by atoms with van der Waals surface area (Å²) in [5, 5.41) is 0. The second-order valence-corrected chi connectivity index (χ2v) is 7.74. The Bertz CT molecular complexity index is 720. The van der Waals surface area contributed by atoms with Crippen LogP contribution in [-0.2, 0) is 10.2 Å². The summed E-state index contributed by atoms with van der Waals surface area (Å²) in [6, 6.07) is 3.07. The lowest BCUT2D eigenvalue weighted by Crippen LogP contribution is -2.39. The fourth-order valence-electron chi connectivity index (χ4n) is 4.25. The molecular weight excluding hydrogens is 322 g/mol. The van der Waals surface area contributed by atoms with Crippen LogP contribution in [-0.4, -0.2) is 18.6 Å². The number of rotatable bonds is 3. The Morgan fingerprint density at radius 3 is 2.46 bits per heavy atom. The largest absolute Gasteiger partial charge is 0.406 e. The summed E-state index contributed by atoms with van der Waals surface area (Å²) in [5.41, 5.74) is 0.00796. The molecule has 0 saturated heterocycles. The van der Waals surface area contributed by atoms with E-state index in [-0.39, 0.29) is 17.2 Å². The van der Waals surface area contributed by atoms with Crippen molar-refractivity contribution in [1.29, 1.82) is 0 Å². The lowest BCUT2D eigenvalue weighted by Gasteiger charge is -2.20. The third-order valence-corrected chi connectivity index (χ3v) is 5.73. The van der Waals surface area contributed by atoms with Crippen LogP contribution in [0.5, 0.6) is 0 Å². The molecule has 0 N–H and O–H groups in total. The molecule has 1 aliphatic heterocycles. The Hall–Kier alpha value is -1.59. The molecule has 1 amide bonds. The van der Waals surface area contributed by atoms with Gasteiger partial charge >= 0.3 is 6.18 Å². The Kier molecular flexibility index (Phi) is 3.14. The summed E-state index contributed by atoms with van der Waals surface area (Å²) in [6.07, 6.45) is -2.71. The van der Waals surface area contributed by atoms with Gasteiger partial charge in [0.25, 0.3) is 0 Å². The summed E-state index contributed by atoms with van der Waals surface area (Å²) in [7, 11) is 0. The molecule has 0 unspecified atom stereocenters. The minimum absolute atomic E-state index is 0.138. The number of hydrogen-bond donors (Lipinski definition) is 0. The van der Waals surface area contributed by atoms with Crippen LogP contribution in [0.2, 0.25) is 0 Å². The highest BCUT2D eigenvalue weighted by molar-refractivity contribution is 6.10. The molecule has 2 saturated carbocycles. The standard InChI is InChI=1S/C18H19F4NO/c1-9(2)11-7-12(11)10-5-13(19)15-14(6-10)23(8-18(20,21)22)16(24)17(15)3-4-17/h5-6,9,11-12H,3-4,7-8H2,1-2H3/t11-,12-/m1/s1. The summed E-state index contributed by atoms with van der Waals surface area (Å²) < 4.78 is 53.4. The van der Waals surface area contributed by atoms with Crippen LogP contribution in [0.4, 0.5) is 23.2 Å². The van der Waals surface area contributed by atoms with Crippen molar-refractivity contribution < 1.29 is 22.4 Å². The third kappa shape index (κ3) is 2.25. The molecule has 3 aliphatic rings. The van der Waals surface area contributed by atoms with Crippen LogP contribution in [0.25, 0.3) is 0 Å². The van der Waals surface area contributed by atoms with Crippen molar-refractivity contribution in [2.45, 2.75) is 50.6 Å². The monoisotopic (exact) mass is 341 g/mol. The number of carbonyl (C=O) groups is 1. The highest BCUT2D eigenvalue weighted by atomic mass is 19.4. The molecule has 6 heteroatoms. The maximum absolute atomic E-state index is 14.7. The summed E-state index contributed by atoms with van der Waals surface area (Å²) in [5.74, 6) is -0.0441. The number of alkyl halides is 3. The molecule has 1 aromatic rings. The van der Waals surface area contributed by atoms with Crippen molar-refractivity contribution in [3.8, 4) is 0 Å². The zero-order valence-electron chi connectivity index (χ0n) is 13.6. The summed E-state index contributed by atoms with van der Waals surface area (Å²) in [4.78, 5) is 13.3. The molecule has 1 heterocycles. The number of nitrogens with zero attached hydrogens (tertiary/aromatic N) is 1. The predicted molar refractivity (Wildman–Crippen MR) is 81.4 cm³/mol. The molecule has 0 aromatic heterocycles. The molecule has 24 heavy (non-hydrogen) atoms. The van der Waals surface area contributed by atoms with Gasteiger partial charge in [0.2, 0.25) is 5.91 Å². The van der Waals surface area contributed by atoms with Gasteiger partial charge in [-0.2, -0.15) is 13.2 Å². The number of carbonyl (C=O) groups excluding carboxylic acids is 1. The van der Waals surface area contributed by atoms with E-state index in [4.69, 9.17) is 0 Å². The Balaban J connectivity index is 1.76. The van der Waals surface area contributed by atoms with Gasteiger partial charge in [-0.05, 0) is 54.7 Å². The molecule has 2 atom stereocenters. The molecule has 1 aromatic carbocycles. The van der Waals surface area contributed by atoms with Crippen molar-refractivity contribution in [3.63, 3.8) is 0 Å². The van der Waals surface area contributed by atoms with Gasteiger partial charge in [0.1, 0.15) is 12.4 Å².